The number of piperidine rings is 1. The SMILES string of the molecule is COc1cccc(-c2cnc(-c3ccncc3)nc2C2CCN(C(=O)c3ccsc3)CC2)c1. The predicted octanol–water partition coefficient (Wildman–Crippen LogP) is 5.30. The molecular weight excluding hydrogens is 432 g/mol. The zero-order valence-electron chi connectivity index (χ0n) is 18.3. The summed E-state index contributed by atoms with van der Waals surface area (Å²) >= 11 is 1.55. The second kappa shape index (κ2) is 9.50. The average Bonchev–Trinajstić information content (AvgIpc) is 3.44. The molecule has 3 aromatic heterocycles. The number of methoxy groups -OCH3 is 1. The third kappa shape index (κ3) is 4.50. The van der Waals surface area contributed by atoms with Crippen LogP contribution in [-0.2, 0) is 0 Å². The number of nitrogens with zero attached hydrogens (tertiary/aromatic N) is 4. The minimum Gasteiger partial charge on any atom is -0.497 e. The molecule has 1 amide bonds. The minimum atomic E-state index is 0.114. The van der Waals surface area contributed by atoms with Gasteiger partial charge in [0.25, 0.3) is 5.91 Å². The molecule has 4 aromatic rings. The van der Waals surface area contributed by atoms with Gasteiger partial charge >= 0.3 is 0 Å². The lowest BCUT2D eigenvalue weighted by Gasteiger charge is -2.32. The van der Waals surface area contributed by atoms with Crippen molar-refractivity contribution in [2.24, 2.45) is 0 Å². The second-order valence-electron chi connectivity index (χ2n) is 8.04. The van der Waals surface area contributed by atoms with E-state index < -0.39 is 0 Å². The van der Waals surface area contributed by atoms with Gasteiger partial charge in [-0.1, -0.05) is 12.1 Å². The molecule has 4 heterocycles. The first-order valence-electron chi connectivity index (χ1n) is 11.0. The van der Waals surface area contributed by atoms with Gasteiger partial charge in [0.05, 0.1) is 18.4 Å². The van der Waals surface area contributed by atoms with Crippen LogP contribution in [0.1, 0.15) is 34.8 Å². The number of pyridine rings is 1. The van der Waals surface area contributed by atoms with Crippen LogP contribution in [0.3, 0.4) is 0 Å². The smallest absolute Gasteiger partial charge is 0.254 e. The third-order valence-corrected chi connectivity index (χ3v) is 6.76. The molecule has 1 aliphatic rings. The Bertz CT molecular complexity index is 1240. The summed E-state index contributed by atoms with van der Waals surface area (Å²) in [6.45, 7) is 1.43. The molecule has 1 saturated heterocycles. The molecule has 1 fully saturated rings. The Kier molecular flexibility index (Phi) is 6.13. The van der Waals surface area contributed by atoms with E-state index in [4.69, 9.17) is 9.72 Å². The Hall–Kier alpha value is -3.58. The largest absolute Gasteiger partial charge is 0.497 e. The number of carbonyl (C=O) groups is 1. The number of aromatic nitrogens is 3. The Labute approximate surface area is 196 Å². The highest BCUT2D eigenvalue weighted by Crippen LogP contribution is 2.36. The molecule has 0 atom stereocenters. The van der Waals surface area contributed by atoms with E-state index in [1.807, 2.05) is 58.3 Å². The first-order chi connectivity index (χ1) is 16.2. The normalized spacial score (nSPS) is 14.3. The van der Waals surface area contributed by atoms with Gasteiger partial charge in [-0.2, -0.15) is 11.3 Å². The van der Waals surface area contributed by atoms with Crippen LogP contribution in [-0.4, -0.2) is 46.0 Å². The number of carbonyl (C=O) groups excluding carboxylic acids is 1. The van der Waals surface area contributed by atoms with E-state index >= 15 is 0 Å². The van der Waals surface area contributed by atoms with Crippen molar-refractivity contribution in [2.45, 2.75) is 18.8 Å². The zero-order valence-corrected chi connectivity index (χ0v) is 19.2. The van der Waals surface area contributed by atoms with Crippen LogP contribution < -0.4 is 4.74 Å². The molecule has 33 heavy (non-hydrogen) atoms. The highest BCUT2D eigenvalue weighted by atomic mass is 32.1. The molecule has 6 nitrogen and oxygen atoms in total. The van der Waals surface area contributed by atoms with E-state index in [0.29, 0.717) is 18.9 Å². The minimum absolute atomic E-state index is 0.114. The van der Waals surface area contributed by atoms with Crippen LogP contribution in [0, 0.1) is 0 Å². The Morgan fingerprint density at radius 2 is 1.91 bits per heavy atom. The zero-order chi connectivity index (χ0) is 22.6. The van der Waals surface area contributed by atoms with Gasteiger partial charge < -0.3 is 9.64 Å². The van der Waals surface area contributed by atoms with Crippen LogP contribution >= 0.6 is 11.3 Å². The molecule has 1 aliphatic heterocycles. The molecule has 0 unspecified atom stereocenters. The number of ether oxygens (including phenoxy) is 1. The van der Waals surface area contributed by atoms with Crippen molar-refractivity contribution >= 4 is 17.2 Å². The van der Waals surface area contributed by atoms with Gasteiger partial charge in [0.15, 0.2) is 5.82 Å². The van der Waals surface area contributed by atoms with Crippen molar-refractivity contribution in [3.63, 3.8) is 0 Å². The maximum atomic E-state index is 12.8. The van der Waals surface area contributed by atoms with Crippen molar-refractivity contribution in [1.29, 1.82) is 0 Å². The van der Waals surface area contributed by atoms with Gasteiger partial charge in [0, 0.05) is 54.1 Å². The molecule has 0 saturated carbocycles. The molecule has 7 heteroatoms. The second-order valence-corrected chi connectivity index (χ2v) is 8.82. The molecule has 0 bridgehead atoms. The number of hydrogen-bond acceptors (Lipinski definition) is 6. The lowest BCUT2D eigenvalue weighted by molar-refractivity contribution is 0.0713. The maximum Gasteiger partial charge on any atom is 0.254 e. The Morgan fingerprint density at radius 1 is 1.09 bits per heavy atom. The average molecular weight is 457 g/mol. The van der Waals surface area contributed by atoms with Crippen molar-refractivity contribution in [2.75, 3.05) is 20.2 Å². The number of rotatable bonds is 5. The van der Waals surface area contributed by atoms with Gasteiger partial charge in [-0.25, -0.2) is 9.97 Å². The third-order valence-electron chi connectivity index (χ3n) is 6.07. The van der Waals surface area contributed by atoms with Gasteiger partial charge in [0.1, 0.15) is 5.75 Å². The maximum absolute atomic E-state index is 12.8. The van der Waals surface area contributed by atoms with Crippen LogP contribution in [0.5, 0.6) is 5.75 Å². The summed E-state index contributed by atoms with van der Waals surface area (Å²) < 4.78 is 5.44. The van der Waals surface area contributed by atoms with E-state index in [0.717, 1.165) is 46.5 Å². The van der Waals surface area contributed by atoms with Crippen molar-refractivity contribution in [3.8, 4) is 28.3 Å². The number of hydrogen-bond donors (Lipinski definition) is 0. The Balaban J connectivity index is 1.47. The molecule has 1 aromatic carbocycles. The predicted molar refractivity (Wildman–Crippen MR) is 129 cm³/mol. The fraction of sp³-hybridized carbons (Fsp3) is 0.231. The molecule has 5 rings (SSSR count). The molecule has 0 aliphatic carbocycles. The van der Waals surface area contributed by atoms with Gasteiger partial charge in [-0.05, 0) is 54.1 Å². The van der Waals surface area contributed by atoms with Crippen molar-refractivity contribution in [1.82, 2.24) is 19.9 Å². The van der Waals surface area contributed by atoms with Crippen molar-refractivity contribution in [3.05, 3.63) is 83.1 Å². The van der Waals surface area contributed by atoms with Crippen LogP contribution in [0.25, 0.3) is 22.5 Å². The fourth-order valence-electron chi connectivity index (χ4n) is 4.28. The fourth-order valence-corrected chi connectivity index (χ4v) is 4.91. The van der Waals surface area contributed by atoms with E-state index in [1.165, 1.54) is 0 Å². The summed E-state index contributed by atoms with van der Waals surface area (Å²) in [7, 11) is 1.67. The Morgan fingerprint density at radius 3 is 2.64 bits per heavy atom. The summed E-state index contributed by atoms with van der Waals surface area (Å²) in [6.07, 6.45) is 7.14. The molecular formula is C26H24N4O2S. The monoisotopic (exact) mass is 456 g/mol. The quantitative estimate of drug-likeness (QED) is 0.408. The molecule has 0 radical (unpaired) electrons. The summed E-state index contributed by atoms with van der Waals surface area (Å²) in [4.78, 5) is 28.6. The first kappa shape index (κ1) is 21.3. The lowest BCUT2D eigenvalue weighted by Crippen LogP contribution is -2.38. The van der Waals surface area contributed by atoms with Crippen LogP contribution in [0.2, 0.25) is 0 Å². The number of thiophene rings is 1. The molecule has 166 valence electrons. The highest BCUT2D eigenvalue weighted by molar-refractivity contribution is 7.08. The first-order valence-corrected chi connectivity index (χ1v) is 11.9. The molecule has 0 N–H and O–H groups in total. The van der Waals surface area contributed by atoms with Gasteiger partial charge in [0.2, 0.25) is 0 Å². The summed E-state index contributed by atoms with van der Waals surface area (Å²) in [5.74, 6) is 1.84. The topological polar surface area (TPSA) is 68.2 Å². The van der Waals surface area contributed by atoms with E-state index in [-0.39, 0.29) is 11.8 Å². The standard InChI is InChI=1S/C26H24N4O2S/c1-32-22-4-2-3-20(15-22)23-16-28-25(19-5-10-27-11-6-19)29-24(23)18-7-12-30(13-8-18)26(31)21-9-14-33-17-21/h2-6,9-11,14-18H,7-8,12-13H2,1H3. The number of likely N-dealkylation sites (tertiary alicyclic amines) is 1. The summed E-state index contributed by atoms with van der Waals surface area (Å²) in [5.41, 5.74) is 4.77. The van der Waals surface area contributed by atoms with E-state index in [2.05, 4.69) is 16.0 Å². The van der Waals surface area contributed by atoms with E-state index in [1.54, 1.807) is 30.8 Å². The molecule has 0 spiro atoms. The van der Waals surface area contributed by atoms with Crippen molar-refractivity contribution < 1.29 is 9.53 Å². The number of amides is 1. The number of benzene rings is 1. The van der Waals surface area contributed by atoms with Crippen LogP contribution in [0.4, 0.5) is 0 Å². The lowest BCUT2D eigenvalue weighted by atomic mass is 9.88. The summed E-state index contributed by atoms with van der Waals surface area (Å²) in [5, 5.41) is 3.86. The van der Waals surface area contributed by atoms with E-state index in [9.17, 15) is 4.79 Å². The summed E-state index contributed by atoms with van der Waals surface area (Å²) in [6, 6.07) is 13.7. The highest BCUT2D eigenvalue weighted by Gasteiger charge is 2.28. The van der Waals surface area contributed by atoms with Crippen LogP contribution in [0.15, 0.2) is 71.8 Å². The van der Waals surface area contributed by atoms with Gasteiger partial charge in [-0.15, -0.1) is 0 Å². The van der Waals surface area contributed by atoms with Gasteiger partial charge in [-0.3, -0.25) is 9.78 Å².